The molecule has 0 spiro atoms. The highest BCUT2D eigenvalue weighted by Gasteiger charge is 2.19. The van der Waals surface area contributed by atoms with Gasteiger partial charge < -0.3 is 0 Å². The predicted octanol–water partition coefficient (Wildman–Crippen LogP) is 3.61. The van der Waals surface area contributed by atoms with Crippen molar-refractivity contribution < 1.29 is 8.42 Å². The smallest absolute Gasteiger partial charge is 0.264 e. The normalized spacial score (nSPS) is 11.3. The first-order valence-corrected chi connectivity index (χ1v) is 7.94. The molecule has 0 saturated carbocycles. The first kappa shape index (κ1) is 14.3. The maximum Gasteiger partial charge on any atom is 0.264 e. The van der Waals surface area contributed by atoms with Crippen LogP contribution in [-0.4, -0.2) is 13.4 Å². The Balaban J connectivity index is 2.43. The molecule has 4 nitrogen and oxygen atoms in total. The molecule has 0 amide bonds. The molecule has 0 fully saturated rings. The van der Waals surface area contributed by atoms with E-state index in [9.17, 15) is 8.42 Å². The Kier molecular flexibility index (Phi) is 4.13. The van der Waals surface area contributed by atoms with Crippen LogP contribution in [0.3, 0.4) is 0 Å². The van der Waals surface area contributed by atoms with Crippen molar-refractivity contribution >= 4 is 43.2 Å². The fraction of sp³-hybridized carbons (Fsp3) is 0.0833. The lowest BCUT2D eigenvalue weighted by Crippen LogP contribution is -2.14. The van der Waals surface area contributed by atoms with E-state index >= 15 is 0 Å². The first-order chi connectivity index (χ1) is 8.90. The second-order valence-electron chi connectivity index (χ2n) is 3.87. The summed E-state index contributed by atoms with van der Waals surface area (Å²) < 4.78 is 27.8. The van der Waals surface area contributed by atoms with Crippen LogP contribution in [0.15, 0.2) is 46.0 Å². The third kappa shape index (κ3) is 3.26. The van der Waals surface area contributed by atoms with Crippen molar-refractivity contribution in [3.8, 4) is 0 Å². The summed E-state index contributed by atoms with van der Waals surface area (Å²) in [5.41, 5.74) is 1.31. The van der Waals surface area contributed by atoms with Gasteiger partial charge in [0.05, 0.1) is 10.7 Å². The molecule has 0 aliphatic rings. The zero-order valence-corrected chi connectivity index (χ0v) is 13.1. The van der Waals surface area contributed by atoms with E-state index in [1.165, 1.54) is 18.5 Å². The Labute approximate surface area is 125 Å². The highest BCUT2D eigenvalue weighted by molar-refractivity contribution is 9.10. The average Bonchev–Trinajstić information content (AvgIpc) is 2.34. The van der Waals surface area contributed by atoms with Gasteiger partial charge in [-0.05, 0) is 30.7 Å². The summed E-state index contributed by atoms with van der Waals surface area (Å²) in [5, 5.41) is 0.134. The van der Waals surface area contributed by atoms with Gasteiger partial charge in [0.15, 0.2) is 0 Å². The Morgan fingerprint density at radius 3 is 2.74 bits per heavy atom. The molecule has 1 N–H and O–H groups in total. The number of nitrogens with one attached hydrogen (secondary N) is 1. The molecule has 2 rings (SSSR count). The lowest BCUT2D eigenvalue weighted by atomic mass is 10.2. The van der Waals surface area contributed by atoms with Gasteiger partial charge >= 0.3 is 0 Å². The van der Waals surface area contributed by atoms with Gasteiger partial charge in [0.1, 0.15) is 4.90 Å². The van der Waals surface area contributed by atoms with Crippen molar-refractivity contribution in [2.75, 3.05) is 4.72 Å². The maximum absolute atomic E-state index is 12.2. The third-order valence-corrected chi connectivity index (χ3v) is 4.80. The number of benzene rings is 1. The molecule has 2 aromatic rings. The lowest BCUT2D eigenvalue weighted by molar-refractivity contribution is 0.601. The number of sulfonamides is 1. The van der Waals surface area contributed by atoms with Gasteiger partial charge in [0, 0.05) is 16.9 Å². The molecule has 0 unspecified atom stereocenters. The van der Waals surface area contributed by atoms with Crippen molar-refractivity contribution in [2.45, 2.75) is 11.8 Å². The summed E-state index contributed by atoms with van der Waals surface area (Å²) in [6, 6.07) is 6.78. The minimum atomic E-state index is -3.75. The molecular weight excluding hydrogens is 352 g/mol. The minimum absolute atomic E-state index is 0.0453. The number of aromatic nitrogens is 1. The van der Waals surface area contributed by atoms with Crippen LogP contribution in [0, 0.1) is 6.92 Å². The number of hydrogen-bond donors (Lipinski definition) is 1. The van der Waals surface area contributed by atoms with Crippen molar-refractivity contribution in [1.82, 2.24) is 4.98 Å². The number of rotatable bonds is 3. The van der Waals surface area contributed by atoms with Crippen LogP contribution in [0.4, 0.5) is 5.69 Å². The highest BCUT2D eigenvalue weighted by Crippen LogP contribution is 2.26. The molecule has 1 aromatic carbocycles. The van der Waals surface area contributed by atoms with Gasteiger partial charge in [-0.25, -0.2) is 8.42 Å². The summed E-state index contributed by atoms with van der Waals surface area (Å²) in [7, 11) is -3.75. The zero-order chi connectivity index (χ0) is 14.0. The molecule has 100 valence electrons. The Morgan fingerprint density at radius 2 is 2.05 bits per heavy atom. The molecule has 19 heavy (non-hydrogen) atoms. The highest BCUT2D eigenvalue weighted by atomic mass is 79.9. The number of pyridine rings is 1. The topological polar surface area (TPSA) is 59.1 Å². The van der Waals surface area contributed by atoms with Crippen LogP contribution in [0.25, 0.3) is 0 Å². The van der Waals surface area contributed by atoms with E-state index in [2.05, 4.69) is 25.6 Å². The zero-order valence-electron chi connectivity index (χ0n) is 9.89. The summed E-state index contributed by atoms with van der Waals surface area (Å²) >= 11 is 9.18. The molecule has 7 heteroatoms. The number of aryl methyl sites for hydroxylation is 1. The van der Waals surface area contributed by atoms with Crippen molar-refractivity contribution in [3.63, 3.8) is 0 Å². The van der Waals surface area contributed by atoms with E-state index in [-0.39, 0.29) is 9.92 Å². The third-order valence-electron chi connectivity index (χ3n) is 2.47. The van der Waals surface area contributed by atoms with E-state index in [4.69, 9.17) is 11.6 Å². The number of anilines is 1. The van der Waals surface area contributed by atoms with Gasteiger partial charge in [0.25, 0.3) is 10.0 Å². The van der Waals surface area contributed by atoms with Gasteiger partial charge in [-0.15, -0.1) is 0 Å². The molecule has 1 heterocycles. The summed E-state index contributed by atoms with van der Waals surface area (Å²) in [6.45, 7) is 1.81. The van der Waals surface area contributed by atoms with Crippen LogP contribution in [0.2, 0.25) is 5.02 Å². The van der Waals surface area contributed by atoms with Crippen molar-refractivity contribution in [3.05, 3.63) is 51.7 Å². The summed E-state index contributed by atoms with van der Waals surface area (Å²) in [6.07, 6.45) is 2.66. The van der Waals surface area contributed by atoms with Crippen molar-refractivity contribution in [1.29, 1.82) is 0 Å². The molecule has 0 aliphatic heterocycles. The fourth-order valence-corrected chi connectivity index (χ4v) is 3.38. The predicted molar refractivity (Wildman–Crippen MR) is 78.9 cm³/mol. The second kappa shape index (κ2) is 5.48. The van der Waals surface area contributed by atoms with Crippen LogP contribution in [0.1, 0.15) is 5.56 Å². The molecular formula is C12H10BrClN2O2S. The first-order valence-electron chi connectivity index (χ1n) is 5.28. The Bertz CT molecular complexity index is 719. The van der Waals surface area contributed by atoms with Gasteiger partial charge in [-0.2, -0.15) is 0 Å². The van der Waals surface area contributed by atoms with Gasteiger partial charge in [-0.1, -0.05) is 33.6 Å². The van der Waals surface area contributed by atoms with E-state index < -0.39 is 10.0 Å². The monoisotopic (exact) mass is 360 g/mol. The number of hydrogen-bond acceptors (Lipinski definition) is 3. The standard InChI is InChI=1S/C12H10BrClN2O2S/c1-8-2-3-9(13)6-11(8)16-19(17,18)12-7-15-5-4-10(12)14/h2-7,16H,1H3. The number of halogens is 2. The van der Waals surface area contributed by atoms with E-state index in [1.807, 2.05) is 19.1 Å². The average molecular weight is 362 g/mol. The lowest BCUT2D eigenvalue weighted by Gasteiger charge is -2.11. The Morgan fingerprint density at radius 1 is 1.32 bits per heavy atom. The van der Waals surface area contributed by atoms with Crippen LogP contribution in [0.5, 0.6) is 0 Å². The van der Waals surface area contributed by atoms with Gasteiger partial charge in [-0.3, -0.25) is 9.71 Å². The van der Waals surface area contributed by atoms with Crippen molar-refractivity contribution in [2.24, 2.45) is 0 Å². The quantitative estimate of drug-likeness (QED) is 0.908. The largest absolute Gasteiger partial charge is 0.279 e. The molecule has 0 atom stereocenters. The summed E-state index contributed by atoms with van der Waals surface area (Å²) in [5.74, 6) is 0. The molecule has 0 aliphatic carbocycles. The molecule has 0 saturated heterocycles. The van der Waals surface area contributed by atoms with Crippen LogP contribution < -0.4 is 4.72 Å². The SMILES string of the molecule is Cc1ccc(Br)cc1NS(=O)(=O)c1cnccc1Cl. The van der Waals surface area contributed by atoms with Crippen LogP contribution in [-0.2, 0) is 10.0 Å². The van der Waals surface area contributed by atoms with Gasteiger partial charge in [0.2, 0.25) is 0 Å². The minimum Gasteiger partial charge on any atom is -0.279 e. The summed E-state index contributed by atoms with van der Waals surface area (Å²) in [4.78, 5) is 3.74. The second-order valence-corrected chi connectivity index (χ2v) is 6.84. The molecule has 0 radical (unpaired) electrons. The van der Waals surface area contributed by atoms with E-state index in [1.54, 1.807) is 6.07 Å². The number of nitrogens with zero attached hydrogens (tertiary/aromatic N) is 1. The Hall–Kier alpha value is -1.11. The van der Waals surface area contributed by atoms with E-state index in [0.717, 1.165) is 10.0 Å². The fourth-order valence-electron chi connectivity index (χ4n) is 1.46. The molecule has 1 aromatic heterocycles. The molecule has 0 bridgehead atoms. The van der Waals surface area contributed by atoms with Crippen LogP contribution >= 0.6 is 27.5 Å². The maximum atomic E-state index is 12.2. The van der Waals surface area contributed by atoms with E-state index in [0.29, 0.717) is 5.69 Å².